The number of thiophene rings is 1. The molecule has 0 spiro atoms. The van der Waals surface area contributed by atoms with Gasteiger partial charge in [-0.05, 0) is 29.9 Å². The molecular weight excluding hydrogens is 192 g/mol. The second-order valence-electron chi connectivity index (χ2n) is 3.68. The van der Waals surface area contributed by atoms with Crippen molar-refractivity contribution in [3.63, 3.8) is 0 Å². The standard InChI is InChI=1S/C12H20OS/c1-3-5-6-7-11(13)12-10(4-2)8-9-14-12/h8-9,11,13H,3-7H2,1-2H3. The van der Waals surface area contributed by atoms with Gasteiger partial charge in [-0.25, -0.2) is 0 Å². The van der Waals surface area contributed by atoms with E-state index >= 15 is 0 Å². The first-order valence-electron chi connectivity index (χ1n) is 5.53. The van der Waals surface area contributed by atoms with Gasteiger partial charge in [0.15, 0.2) is 0 Å². The lowest BCUT2D eigenvalue weighted by Crippen LogP contribution is -1.97. The maximum absolute atomic E-state index is 9.96. The molecule has 0 aliphatic carbocycles. The Kier molecular flexibility index (Phi) is 5.20. The molecule has 0 saturated carbocycles. The van der Waals surface area contributed by atoms with Gasteiger partial charge >= 0.3 is 0 Å². The highest BCUT2D eigenvalue weighted by Crippen LogP contribution is 2.28. The first-order chi connectivity index (χ1) is 6.79. The van der Waals surface area contributed by atoms with E-state index in [1.54, 1.807) is 11.3 Å². The predicted octanol–water partition coefficient (Wildman–Crippen LogP) is 3.92. The van der Waals surface area contributed by atoms with E-state index < -0.39 is 0 Å². The maximum atomic E-state index is 9.96. The summed E-state index contributed by atoms with van der Waals surface area (Å²) in [7, 11) is 0. The van der Waals surface area contributed by atoms with Crippen LogP contribution in [0.15, 0.2) is 11.4 Å². The van der Waals surface area contributed by atoms with E-state index in [0.717, 1.165) is 19.3 Å². The Bertz CT molecular complexity index is 255. The lowest BCUT2D eigenvalue weighted by atomic mass is 10.1. The van der Waals surface area contributed by atoms with Gasteiger partial charge in [0, 0.05) is 4.88 Å². The zero-order valence-corrected chi connectivity index (χ0v) is 9.94. The molecule has 1 aromatic heterocycles. The molecule has 0 fully saturated rings. The molecule has 0 aromatic carbocycles. The van der Waals surface area contributed by atoms with Crippen molar-refractivity contribution in [1.82, 2.24) is 0 Å². The van der Waals surface area contributed by atoms with E-state index in [4.69, 9.17) is 0 Å². The van der Waals surface area contributed by atoms with Crippen molar-refractivity contribution in [2.24, 2.45) is 0 Å². The van der Waals surface area contributed by atoms with E-state index in [1.165, 1.54) is 23.3 Å². The van der Waals surface area contributed by atoms with Crippen molar-refractivity contribution in [3.05, 3.63) is 21.9 Å². The Labute approximate surface area is 90.8 Å². The molecule has 1 unspecified atom stereocenters. The number of aliphatic hydroxyl groups excluding tert-OH is 1. The van der Waals surface area contributed by atoms with E-state index in [2.05, 4.69) is 25.3 Å². The quantitative estimate of drug-likeness (QED) is 0.708. The van der Waals surface area contributed by atoms with Gasteiger partial charge in [-0.1, -0.05) is 33.1 Å². The van der Waals surface area contributed by atoms with E-state index in [1.807, 2.05) is 0 Å². The zero-order valence-electron chi connectivity index (χ0n) is 9.12. The molecule has 0 saturated heterocycles. The topological polar surface area (TPSA) is 20.2 Å². The summed E-state index contributed by atoms with van der Waals surface area (Å²) in [4.78, 5) is 1.18. The summed E-state index contributed by atoms with van der Waals surface area (Å²) in [5, 5.41) is 12.0. The van der Waals surface area contributed by atoms with Gasteiger partial charge in [0.2, 0.25) is 0 Å². The van der Waals surface area contributed by atoms with Crippen LogP contribution in [0.5, 0.6) is 0 Å². The molecule has 14 heavy (non-hydrogen) atoms. The number of rotatable bonds is 6. The molecule has 2 heteroatoms. The fourth-order valence-corrected chi connectivity index (χ4v) is 2.67. The molecule has 1 N–H and O–H groups in total. The Morgan fingerprint density at radius 1 is 1.36 bits per heavy atom. The van der Waals surface area contributed by atoms with Crippen molar-refractivity contribution in [2.45, 2.75) is 52.1 Å². The zero-order chi connectivity index (χ0) is 10.4. The first-order valence-corrected chi connectivity index (χ1v) is 6.41. The number of hydrogen-bond donors (Lipinski definition) is 1. The van der Waals surface area contributed by atoms with Gasteiger partial charge in [0.1, 0.15) is 0 Å². The Hall–Kier alpha value is -0.340. The third-order valence-electron chi connectivity index (χ3n) is 2.55. The number of unbranched alkanes of at least 4 members (excludes halogenated alkanes) is 2. The second-order valence-corrected chi connectivity index (χ2v) is 4.62. The lowest BCUT2D eigenvalue weighted by molar-refractivity contribution is 0.166. The third kappa shape index (κ3) is 3.10. The van der Waals surface area contributed by atoms with Crippen molar-refractivity contribution in [3.8, 4) is 0 Å². The van der Waals surface area contributed by atoms with Crippen LogP contribution in [0.1, 0.15) is 56.1 Å². The van der Waals surface area contributed by atoms with Crippen molar-refractivity contribution >= 4 is 11.3 Å². The SMILES string of the molecule is CCCCCC(O)c1sccc1CC. The fraction of sp³-hybridized carbons (Fsp3) is 0.667. The van der Waals surface area contributed by atoms with Crippen LogP contribution < -0.4 is 0 Å². The molecule has 1 heterocycles. The minimum Gasteiger partial charge on any atom is -0.388 e. The van der Waals surface area contributed by atoms with Gasteiger partial charge in [0.25, 0.3) is 0 Å². The summed E-state index contributed by atoms with van der Waals surface area (Å²) in [5.74, 6) is 0. The molecular formula is C12H20OS. The first kappa shape index (κ1) is 11.7. The van der Waals surface area contributed by atoms with Crippen LogP contribution in [0.3, 0.4) is 0 Å². The summed E-state index contributed by atoms with van der Waals surface area (Å²) in [6, 6.07) is 2.13. The van der Waals surface area contributed by atoms with Crippen LogP contribution in [0.4, 0.5) is 0 Å². The van der Waals surface area contributed by atoms with Gasteiger partial charge < -0.3 is 5.11 Å². The second kappa shape index (κ2) is 6.20. The van der Waals surface area contributed by atoms with Crippen molar-refractivity contribution < 1.29 is 5.11 Å². The van der Waals surface area contributed by atoms with E-state index in [9.17, 15) is 5.11 Å². The minimum absolute atomic E-state index is 0.225. The van der Waals surface area contributed by atoms with Gasteiger partial charge in [-0.3, -0.25) is 0 Å². The van der Waals surface area contributed by atoms with Crippen LogP contribution >= 0.6 is 11.3 Å². The Morgan fingerprint density at radius 3 is 2.79 bits per heavy atom. The molecule has 0 aliphatic heterocycles. The summed E-state index contributed by atoms with van der Waals surface area (Å²) in [5.41, 5.74) is 1.32. The van der Waals surface area contributed by atoms with Crippen LogP contribution in [-0.2, 0) is 6.42 Å². The van der Waals surface area contributed by atoms with Crippen LogP contribution in [-0.4, -0.2) is 5.11 Å². The highest BCUT2D eigenvalue weighted by Gasteiger charge is 2.12. The van der Waals surface area contributed by atoms with Crippen molar-refractivity contribution in [1.29, 1.82) is 0 Å². The molecule has 1 aromatic rings. The molecule has 1 nitrogen and oxygen atoms in total. The highest BCUT2D eigenvalue weighted by molar-refractivity contribution is 7.10. The Morgan fingerprint density at radius 2 is 2.14 bits per heavy atom. The van der Waals surface area contributed by atoms with Crippen LogP contribution in [0, 0.1) is 0 Å². The summed E-state index contributed by atoms with van der Waals surface area (Å²) in [6.07, 6.45) is 5.31. The molecule has 0 amide bonds. The van der Waals surface area contributed by atoms with Crippen LogP contribution in [0.25, 0.3) is 0 Å². The van der Waals surface area contributed by atoms with Gasteiger partial charge in [-0.2, -0.15) is 0 Å². The maximum Gasteiger partial charge on any atom is 0.0884 e. The summed E-state index contributed by atoms with van der Waals surface area (Å²) < 4.78 is 0. The minimum atomic E-state index is -0.225. The summed E-state index contributed by atoms with van der Waals surface area (Å²) in [6.45, 7) is 4.33. The molecule has 0 aliphatic rings. The smallest absolute Gasteiger partial charge is 0.0884 e. The average molecular weight is 212 g/mol. The monoisotopic (exact) mass is 212 g/mol. The predicted molar refractivity (Wildman–Crippen MR) is 62.8 cm³/mol. The van der Waals surface area contributed by atoms with Crippen LogP contribution in [0.2, 0.25) is 0 Å². The van der Waals surface area contributed by atoms with Gasteiger partial charge in [-0.15, -0.1) is 11.3 Å². The molecule has 1 rings (SSSR count). The van der Waals surface area contributed by atoms with Crippen molar-refractivity contribution in [2.75, 3.05) is 0 Å². The number of hydrogen-bond acceptors (Lipinski definition) is 2. The molecule has 1 atom stereocenters. The molecule has 0 radical (unpaired) electrons. The average Bonchev–Trinajstić information content (AvgIpc) is 2.65. The Balaban J connectivity index is 2.47. The van der Waals surface area contributed by atoms with E-state index in [0.29, 0.717) is 0 Å². The summed E-state index contributed by atoms with van der Waals surface area (Å²) >= 11 is 1.69. The number of aliphatic hydroxyl groups is 1. The normalized spacial score (nSPS) is 13.1. The fourth-order valence-electron chi connectivity index (χ4n) is 1.65. The van der Waals surface area contributed by atoms with E-state index in [-0.39, 0.29) is 6.10 Å². The molecule has 0 bridgehead atoms. The highest BCUT2D eigenvalue weighted by atomic mass is 32.1. The third-order valence-corrected chi connectivity index (χ3v) is 3.61. The largest absolute Gasteiger partial charge is 0.388 e. The molecule has 80 valence electrons. The van der Waals surface area contributed by atoms with Gasteiger partial charge in [0.05, 0.1) is 6.10 Å². The number of aryl methyl sites for hydroxylation is 1. The lowest BCUT2D eigenvalue weighted by Gasteiger charge is -2.10.